The predicted octanol–water partition coefficient (Wildman–Crippen LogP) is 4.93. The second-order valence-electron chi connectivity index (χ2n) is 7.01. The van der Waals surface area contributed by atoms with E-state index in [0.717, 1.165) is 35.9 Å². The Kier molecular flexibility index (Phi) is 5.53. The molecule has 0 aliphatic carbocycles. The maximum atomic E-state index is 12.7. The normalized spacial score (nSPS) is 10.9. The monoisotopic (exact) mass is 368 g/mol. The first kappa shape index (κ1) is 18.1. The van der Waals surface area contributed by atoms with Crippen molar-refractivity contribution in [3.63, 3.8) is 0 Å². The van der Waals surface area contributed by atoms with Gasteiger partial charge in [-0.3, -0.25) is 4.79 Å². The van der Waals surface area contributed by atoms with Gasteiger partial charge < -0.3 is 10.3 Å². The van der Waals surface area contributed by atoms with E-state index in [0.29, 0.717) is 6.54 Å². The third-order valence-corrected chi connectivity index (χ3v) is 5.14. The SMILES string of the molecule is O=C(NCCc1c[nH]c2ccccc12)c1ccccc1CCc1ccccc1. The van der Waals surface area contributed by atoms with Crippen molar-refractivity contribution in [2.75, 3.05) is 6.54 Å². The van der Waals surface area contributed by atoms with E-state index >= 15 is 0 Å². The minimum atomic E-state index is 0.00324. The van der Waals surface area contributed by atoms with Crippen LogP contribution in [0.1, 0.15) is 27.0 Å². The number of para-hydroxylation sites is 1. The lowest BCUT2D eigenvalue weighted by Gasteiger charge is -2.10. The van der Waals surface area contributed by atoms with Crippen LogP contribution in [0.5, 0.6) is 0 Å². The van der Waals surface area contributed by atoms with E-state index in [4.69, 9.17) is 0 Å². The van der Waals surface area contributed by atoms with Crippen LogP contribution in [0.25, 0.3) is 10.9 Å². The summed E-state index contributed by atoms with van der Waals surface area (Å²) in [5, 5.41) is 4.31. The lowest BCUT2D eigenvalue weighted by Crippen LogP contribution is -2.26. The van der Waals surface area contributed by atoms with E-state index in [1.54, 1.807) is 0 Å². The fraction of sp³-hybridized carbons (Fsp3) is 0.160. The molecule has 0 bridgehead atoms. The van der Waals surface area contributed by atoms with Gasteiger partial charge in [-0.15, -0.1) is 0 Å². The fourth-order valence-corrected chi connectivity index (χ4v) is 3.63. The number of carbonyl (C=O) groups is 1. The summed E-state index contributed by atoms with van der Waals surface area (Å²) in [6, 6.07) is 26.5. The second kappa shape index (κ2) is 8.57. The average Bonchev–Trinajstić information content (AvgIpc) is 3.16. The van der Waals surface area contributed by atoms with Crippen LogP contribution in [0.2, 0.25) is 0 Å². The van der Waals surface area contributed by atoms with Gasteiger partial charge in [-0.25, -0.2) is 0 Å². The number of amides is 1. The molecule has 140 valence electrons. The zero-order valence-corrected chi connectivity index (χ0v) is 15.8. The molecule has 1 amide bonds. The highest BCUT2D eigenvalue weighted by Crippen LogP contribution is 2.18. The molecule has 28 heavy (non-hydrogen) atoms. The van der Waals surface area contributed by atoms with E-state index in [1.807, 2.05) is 42.6 Å². The lowest BCUT2D eigenvalue weighted by molar-refractivity contribution is 0.0953. The molecule has 3 aromatic carbocycles. The molecule has 4 rings (SSSR count). The van der Waals surface area contributed by atoms with Gasteiger partial charge in [0.2, 0.25) is 0 Å². The zero-order chi connectivity index (χ0) is 19.2. The van der Waals surface area contributed by atoms with Gasteiger partial charge in [0.1, 0.15) is 0 Å². The van der Waals surface area contributed by atoms with Crippen LogP contribution in [0.3, 0.4) is 0 Å². The molecule has 0 unspecified atom stereocenters. The molecular weight excluding hydrogens is 344 g/mol. The van der Waals surface area contributed by atoms with E-state index in [2.05, 4.69) is 52.8 Å². The Labute approximate surface area is 165 Å². The highest BCUT2D eigenvalue weighted by molar-refractivity contribution is 5.95. The van der Waals surface area contributed by atoms with E-state index in [-0.39, 0.29) is 5.91 Å². The molecule has 0 aliphatic rings. The van der Waals surface area contributed by atoms with E-state index in [1.165, 1.54) is 16.5 Å². The van der Waals surface area contributed by atoms with Crippen LogP contribution >= 0.6 is 0 Å². The molecule has 0 fully saturated rings. The molecule has 4 aromatic rings. The Morgan fingerprint density at radius 2 is 1.50 bits per heavy atom. The summed E-state index contributed by atoms with van der Waals surface area (Å²) in [6.07, 6.45) is 4.63. The van der Waals surface area contributed by atoms with E-state index in [9.17, 15) is 4.79 Å². The van der Waals surface area contributed by atoms with Gasteiger partial charge in [0.05, 0.1) is 0 Å². The second-order valence-corrected chi connectivity index (χ2v) is 7.01. The topological polar surface area (TPSA) is 44.9 Å². The molecule has 0 saturated carbocycles. The van der Waals surface area contributed by atoms with Crippen LogP contribution in [-0.2, 0) is 19.3 Å². The van der Waals surface area contributed by atoms with Gasteiger partial charge in [-0.05, 0) is 48.1 Å². The number of fused-ring (bicyclic) bond motifs is 1. The Morgan fingerprint density at radius 1 is 0.750 bits per heavy atom. The number of aryl methyl sites for hydroxylation is 2. The van der Waals surface area contributed by atoms with Gasteiger partial charge in [0.25, 0.3) is 5.91 Å². The number of benzene rings is 3. The number of aromatic nitrogens is 1. The Bertz CT molecular complexity index is 1070. The molecule has 1 aromatic heterocycles. The van der Waals surface area contributed by atoms with Crippen molar-refractivity contribution in [3.05, 3.63) is 107 Å². The third-order valence-electron chi connectivity index (χ3n) is 5.14. The van der Waals surface area contributed by atoms with Crippen molar-refractivity contribution in [3.8, 4) is 0 Å². The number of nitrogens with one attached hydrogen (secondary N) is 2. The first-order chi connectivity index (χ1) is 13.8. The van der Waals surface area contributed by atoms with Crippen molar-refractivity contribution in [2.45, 2.75) is 19.3 Å². The molecule has 1 heterocycles. The first-order valence-corrected chi connectivity index (χ1v) is 9.76. The molecule has 0 spiro atoms. The molecule has 3 heteroatoms. The summed E-state index contributed by atoms with van der Waals surface area (Å²) in [6.45, 7) is 0.619. The van der Waals surface area contributed by atoms with Crippen LogP contribution in [0, 0.1) is 0 Å². The summed E-state index contributed by atoms with van der Waals surface area (Å²) < 4.78 is 0. The largest absolute Gasteiger partial charge is 0.361 e. The van der Waals surface area contributed by atoms with Gasteiger partial charge in [0, 0.05) is 29.2 Å². The van der Waals surface area contributed by atoms with Gasteiger partial charge in [-0.1, -0.05) is 66.7 Å². The Balaban J connectivity index is 1.38. The van der Waals surface area contributed by atoms with E-state index < -0.39 is 0 Å². The maximum Gasteiger partial charge on any atom is 0.251 e. The van der Waals surface area contributed by atoms with Crippen LogP contribution in [0.15, 0.2) is 85.1 Å². The average molecular weight is 368 g/mol. The molecule has 0 atom stereocenters. The zero-order valence-electron chi connectivity index (χ0n) is 15.8. The molecule has 0 aliphatic heterocycles. The predicted molar refractivity (Wildman–Crippen MR) is 115 cm³/mol. The number of H-pyrrole nitrogens is 1. The van der Waals surface area contributed by atoms with Crippen molar-refractivity contribution in [2.24, 2.45) is 0 Å². The summed E-state index contributed by atoms with van der Waals surface area (Å²) in [7, 11) is 0. The summed E-state index contributed by atoms with van der Waals surface area (Å²) in [4.78, 5) is 16.0. The Morgan fingerprint density at radius 3 is 2.39 bits per heavy atom. The number of carbonyl (C=O) groups excluding carboxylic acids is 1. The van der Waals surface area contributed by atoms with Crippen molar-refractivity contribution >= 4 is 16.8 Å². The molecule has 0 radical (unpaired) electrons. The third kappa shape index (κ3) is 4.15. The summed E-state index contributed by atoms with van der Waals surface area (Å²) in [5.41, 5.74) is 5.52. The first-order valence-electron chi connectivity index (χ1n) is 9.76. The van der Waals surface area contributed by atoms with Gasteiger partial charge in [-0.2, -0.15) is 0 Å². The number of hydrogen-bond acceptors (Lipinski definition) is 1. The van der Waals surface area contributed by atoms with Crippen LogP contribution < -0.4 is 5.32 Å². The van der Waals surface area contributed by atoms with Crippen molar-refractivity contribution < 1.29 is 4.79 Å². The van der Waals surface area contributed by atoms with Gasteiger partial charge in [0.15, 0.2) is 0 Å². The Hall–Kier alpha value is -3.33. The molecule has 0 saturated heterocycles. The van der Waals surface area contributed by atoms with Crippen molar-refractivity contribution in [1.82, 2.24) is 10.3 Å². The highest BCUT2D eigenvalue weighted by atomic mass is 16.1. The molecule has 2 N–H and O–H groups in total. The van der Waals surface area contributed by atoms with Crippen LogP contribution in [-0.4, -0.2) is 17.4 Å². The smallest absolute Gasteiger partial charge is 0.251 e. The summed E-state index contributed by atoms with van der Waals surface area (Å²) >= 11 is 0. The van der Waals surface area contributed by atoms with Gasteiger partial charge >= 0.3 is 0 Å². The van der Waals surface area contributed by atoms with Crippen molar-refractivity contribution in [1.29, 1.82) is 0 Å². The quantitative estimate of drug-likeness (QED) is 0.477. The number of rotatable bonds is 7. The maximum absolute atomic E-state index is 12.7. The number of hydrogen-bond donors (Lipinski definition) is 2. The highest BCUT2D eigenvalue weighted by Gasteiger charge is 2.11. The lowest BCUT2D eigenvalue weighted by atomic mass is 9.99. The minimum Gasteiger partial charge on any atom is -0.361 e. The molecular formula is C25H24N2O. The number of aromatic amines is 1. The minimum absolute atomic E-state index is 0.00324. The summed E-state index contributed by atoms with van der Waals surface area (Å²) in [5.74, 6) is 0.00324. The van der Waals surface area contributed by atoms with Crippen LogP contribution in [0.4, 0.5) is 0 Å². The molecule has 3 nitrogen and oxygen atoms in total. The standard InChI is InChI=1S/C25H24N2O/c28-25(26-17-16-21-18-27-24-13-7-6-11-22(21)24)23-12-5-4-10-20(23)15-14-19-8-2-1-3-9-19/h1-13,18,27H,14-17H2,(H,26,28). The fourth-order valence-electron chi connectivity index (χ4n) is 3.63.